The van der Waals surface area contributed by atoms with Crippen LogP contribution in [0.1, 0.15) is 57.6 Å². The van der Waals surface area contributed by atoms with E-state index in [1.165, 1.54) is 45.2 Å². The summed E-state index contributed by atoms with van der Waals surface area (Å²) in [6.45, 7) is 9.47. The molecular weight excluding hydrogens is 568 g/mol. The highest BCUT2D eigenvalue weighted by atomic mass is 19.1. The maximum absolute atomic E-state index is 14.9. The Balaban J connectivity index is 1.76. The molecule has 0 unspecified atom stereocenters. The van der Waals surface area contributed by atoms with Crippen molar-refractivity contribution >= 4 is 21.5 Å². The van der Waals surface area contributed by atoms with Crippen molar-refractivity contribution < 1.29 is 8.78 Å². The lowest BCUT2D eigenvalue weighted by Crippen LogP contribution is -2.26. The topological polar surface area (TPSA) is 3.24 Å². The first-order valence-electron chi connectivity index (χ1n) is 16.9. The summed E-state index contributed by atoms with van der Waals surface area (Å²) in [5.41, 5.74) is 8.68. The molecule has 0 atom stereocenters. The normalized spacial score (nSPS) is 11.6. The number of benzene rings is 6. The van der Waals surface area contributed by atoms with E-state index in [9.17, 15) is 8.78 Å². The number of nitrogens with zero attached hydrogens (tertiary/aromatic N) is 1. The van der Waals surface area contributed by atoms with Gasteiger partial charge in [-0.1, -0.05) is 106 Å². The number of hydrogen-bond acceptors (Lipinski definition) is 1. The molecule has 0 heterocycles. The highest BCUT2D eigenvalue weighted by Gasteiger charge is 2.24. The molecule has 0 aromatic heterocycles. The van der Waals surface area contributed by atoms with Gasteiger partial charge in [0, 0.05) is 6.54 Å². The average molecular weight is 612 g/mol. The second kappa shape index (κ2) is 14.4. The third-order valence-electron chi connectivity index (χ3n) is 9.23. The molecule has 0 radical (unpaired) electrons. The van der Waals surface area contributed by atoms with Gasteiger partial charge in [0.1, 0.15) is 11.6 Å². The van der Waals surface area contributed by atoms with E-state index < -0.39 is 0 Å². The Morgan fingerprint density at radius 1 is 0.522 bits per heavy atom. The predicted octanol–water partition coefficient (Wildman–Crippen LogP) is 12.2. The maximum atomic E-state index is 14.9. The van der Waals surface area contributed by atoms with E-state index in [2.05, 4.69) is 86.3 Å². The van der Waals surface area contributed by atoms with Crippen molar-refractivity contribution in [2.75, 3.05) is 13.1 Å². The van der Waals surface area contributed by atoms with Crippen LogP contribution in [0.3, 0.4) is 0 Å². The molecule has 0 saturated heterocycles. The zero-order chi connectivity index (χ0) is 32.0. The van der Waals surface area contributed by atoms with Gasteiger partial charge in [0.15, 0.2) is 0 Å². The van der Waals surface area contributed by atoms with Gasteiger partial charge in [-0.2, -0.15) is 0 Å². The Kier molecular flexibility index (Phi) is 9.90. The summed E-state index contributed by atoms with van der Waals surface area (Å²) in [5, 5.41) is 4.60. The highest BCUT2D eigenvalue weighted by Crippen LogP contribution is 2.46. The van der Waals surface area contributed by atoms with Crippen LogP contribution in [0, 0.1) is 11.6 Å². The van der Waals surface area contributed by atoms with Gasteiger partial charge in [-0.3, -0.25) is 4.90 Å². The second-order valence-corrected chi connectivity index (χ2v) is 12.4. The number of rotatable bonds is 12. The van der Waals surface area contributed by atoms with Crippen LogP contribution < -0.4 is 0 Å². The van der Waals surface area contributed by atoms with Gasteiger partial charge in [0.2, 0.25) is 0 Å². The third kappa shape index (κ3) is 6.48. The second-order valence-electron chi connectivity index (χ2n) is 12.4. The molecule has 6 rings (SSSR count). The van der Waals surface area contributed by atoms with Crippen molar-refractivity contribution in [2.45, 2.75) is 59.4 Å². The van der Waals surface area contributed by atoms with Gasteiger partial charge in [0.05, 0.1) is 0 Å². The van der Waals surface area contributed by atoms with E-state index in [0.717, 1.165) is 84.8 Å². The van der Waals surface area contributed by atoms with E-state index >= 15 is 0 Å². The van der Waals surface area contributed by atoms with E-state index in [4.69, 9.17) is 0 Å². The van der Waals surface area contributed by atoms with Crippen LogP contribution in [-0.2, 0) is 13.0 Å². The zero-order valence-corrected chi connectivity index (χ0v) is 27.3. The Morgan fingerprint density at radius 2 is 1.00 bits per heavy atom. The molecular formula is C43H43F2N. The zero-order valence-electron chi connectivity index (χ0n) is 27.3. The first-order chi connectivity index (χ1) is 22.5. The van der Waals surface area contributed by atoms with Gasteiger partial charge >= 0.3 is 0 Å². The Labute approximate surface area is 272 Å². The summed E-state index contributed by atoms with van der Waals surface area (Å²) in [4.78, 5) is 2.59. The molecule has 0 amide bonds. The molecule has 234 valence electrons. The van der Waals surface area contributed by atoms with Gasteiger partial charge < -0.3 is 0 Å². The molecule has 3 heteroatoms. The minimum atomic E-state index is -0.240. The lowest BCUT2D eigenvalue weighted by molar-refractivity contribution is 0.258. The molecule has 0 spiro atoms. The van der Waals surface area contributed by atoms with Crippen LogP contribution in [-0.4, -0.2) is 18.0 Å². The highest BCUT2D eigenvalue weighted by molar-refractivity contribution is 6.11. The molecule has 0 bridgehead atoms. The molecule has 0 fully saturated rings. The summed E-state index contributed by atoms with van der Waals surface area (Å²) >= 11 is 0. The molecule has 0 aliphatic heterocycles. The molecule has 1 nitrogen and oxygen atoms in total. The van der Waals surface area contributed by atoms with Crippen LogP contribution in [0.25, 0.3) is 54.9 Å². The van der Waals surface area contributed by atoms with Gasteiger partial charge in [-0.25, -0.2) is 8.78 Å². The fourth-order valence-corrected chi connectivity index (χ4v) is 6.97. The standard InChI is InChI=1S/C43H43F2N/c1-4-7-23-46(24-8-5-2)29-41-40(31-18-14-20-35(45)26-31)28-33-16-10-12-22-38(33)43(41)42-36(6-3)39(30-17-13-19-34(44)25-30)27-32-15-9-11-21-37(32)42/h9-22,25-28H,4-8,23-24,29H2,1-3H3. The van der Waals surface area contributed by atoms with Gasteiger partial charge in [0.25, 0.3) is 0 Å². The molecule has 46 heavy (non-hydrogen) atoms. The van der Waals surface area contributed by atoms with E-state index in [-0.39, 0.29) is 11.6 Å². The average Bonchev–Trinajstić information content (AvgIpc) is 3.08. The van der Waals surface area contributed by atoms with E-state index in [1.807, 2.05) is 18.2 Å². The molecule has 0 aliphatic rings. The van der Waals surface area contributed by atoms with Gasteiger partial charge in [-0.15, -0.1) is 0 Å². The van der Waals surface area contributed by atoms with Crippen LogP contribution in [0.5, 0.6) is 0 Å². The summed E-state index contributed by atoms with van der Waals surface area (Å²) in [6, 6.07) is 35.6. The van der Waals surface area contributed by atoms with E-state index in [0.29, 0.717) is 0 Å². The minimum Gasteiger partial charge on any atom is -0.299 e. The number of unbranched alkanes of at least 4 members (excludes halogenated alkanes) is 2. The Hall–Kier alpha value is -4.34. The Bertz CT molecular complexity index is 1970. The summed E-state index contributed by atoms with van der Waals surface area (Å²) in [5.74, 6) is -0.476. The Morgan fingerprint density at radius 3 is 1.48 bits per heavy atom. The van der Waals surface area contributed by atoms with Crippen LogP contribution in [0.15, 0.2) is 109 Å². The monoisotopic (exact) mass is 611 g/mol. The minimum absolute atomic E-state index is 0.236. The van der Waals surface area contributed by atoms with Gasteiger partial charge in [-0.05, 0) is 135 Å². The largest absolute Gasteiger partial charge is 0.299 e. The molecule has 0 aliphatic carbocycles. The fraction of sp³-hybridized carbons (Fsp3) is 0.256. The van der Waals surface area contributed by atoms with Crippen molar-refractivity contribution in [3.05, 3.63) is 132 Å². The lowest BCUT2D eigenvalue weighted by atomic mass is 9.80. The third-order valence-corrected chi connectivity index (χ3v) is 9.23. The maximum Gasteiger partial charge on any atom is 0.123 e. The fourth-order valence-electron chi connectivity index (χ4n) is 6.97. The van der Waals surface area contributed by atoms with Crippen LogP contribution in [0.4, 0.5) is 8.78 Å². The van der Waals surface area contributed by atoms with Crippen molar-refractivity contribution in [1.82, 2.24) is 4.90 Å². The first-order valence-corrected chi connectivity index (χ1v) is 16.9. The summed E-state index contributed by atoms with van der Waals surface area (Å²) in [7, 11) is 0. The first kappa shape index (κ1) is 31.6. The van der Waals surface area contributed by atoms with Crippen molar-refractivity contribution in [3.63, 3.8) is 0 Å². The van der Waals surface area contributed by atoms with Crippen LogP contribution in [0.2, 0.25) is 0 Å². The van der Waals surface area contributed by atoms with Crippen LogP contribution >= 0.6 is 0 Å². The number of hydrogen-bond donors (Lipinski definition) is 0. The SMILES string of the molecule is CCCCN(CCCC)Cc1c(-c2cccc(F)c2)cc2ccccc2c1-c1c(CC)c(-c2cccc(F)c2)cc2ccccc12. The van der Waals surface area contributed by atoms with Crippen molar-refractivity contribution in [1.29, 1.82) is 0 Å². The van der Waals surface area contributed by atoms with E-state index in [1.54, 1.807) is 18.2 Å². The predicted molar refractivity (Wildman–Crippen MR) is 192 cm³/mol. The molecule has 6 aromatic rings. The smallest absolute Gasteiger partial charge is 0.123 e. The quantitative estimate of drug-likeness (QED) is 0.133. The summed E-state index contributed by atoms with van der Waals surface area (Å²) < 4.78 is 29.6. The number of halogens is 2. The molecule has 0 saturated carbocycles. The number of fused-ring (bicyclic) bond motifs is 2. The summed E-state index contributed by atoms with van der Waals surface area (Å²) in [6.07, 6.45) is 5.29. The molecule has 6 aromatic carbocycles. The van der Waals surface area contributed by atoms with Crippen molar-refractivity contribution in [3.8, 4) is 33.4 Å². The molecule has 0 N–H and O–H groups in total. The lowest BCUT2D eigenvalue weighted by Gasteiger charge is -2.28. The van der Waals surface area contributed by atoms with Crippen molar-refractivity contribution in [2.24, 2.45) is 0 Å².